The summed E-state index contributed by atoms with van der Waals surface area (Å²) in [6, 6.07) is 12.6. The second-order valence-corrected chi connectivity index (χ2v) is 9.97. The summed E-state index contributed by atoms with van der Waals surface area (Å²) in [4.78, 5) is 45.2. The van der Waals surface area contributed by atoms with Gasteiger partial charge < -0.3 is 19.3 Å². The number of amides is 1. The van der Waals surface area contributed by atoms with E-state index in [1.54, 1.807) is 62.4 Å². The second-order valence-electron chi connectivity index (χ2n) is 8.99. The van der Waals surface area contributed by atoms with Crippen LogP contribution in [0.5, 0.6) is 11.5 Å². The van der Waals surface area contributed by atoms with Crippen LogP contribution in [0.1, 0.15) is 60.2 Å². The Morgan fingerprint density at radius 2 is 1.67 bits per heavy atom. The molecule has 9 nitrogen and oxygen atoms in total. The maximum absolute atomic E-state index is 13.4. The number of nitrogens with zero attached hydrogens (tertiary/aromatic N) is 2. The first-order valence-corrected chi connectivity index (χ1v) is 13.4. The number of carbonyl (C=O) groups is 3. The molecular weight excluding hydrogens is 520 g/mol. The topological polar surface area (TPSA) is 115 Å². The van der Waals surface area contributed by atoms with Crippen LogP contribution in [0, 0.1) is 6.92 Å². The van der Waals surface area contributed by atoms with Crippen molar-refractivity contribution in [3.05, 3.63) is 75.8 Å². The van der Waals surface area contributed by atoms with Crippen molar-refractivity contribution in [3.63, 3.8) is 0 Å². The summed E-state index contributed by atoms with van der Waals surface area (Å²) >= 11 is 0.959. The average Bonchev–Trinajstić information content (AvgIpc) is 3.41. The van der Waals surface area contributed by atoms with Gasteiger partial charge in [0.2, 0.25) is 0 Å². The molecule has 0 aliphatic carbocycles. The average molecular weight is 551 g/mol. The molecule has 1 aromatic heterocycles. The van der Waals surface area contributed by atoms with Crippen LogP contribution in [-0.4, -0.2) is 47.1 Å². The zero-order valence-electron chi connectivity index (χ0n) is 22.4. The van der Waals surface area contributed by atoms with Gasteiger partial charge in [-0.25, -0.2) is 9.78 Å². The number of ketones is 1. The Morgan fingerprint density at radius 3 is 2.26 bits per heavy atom. The van der Waals surface area contributed by atoms with Crippen molar-refractivity contribution in [3.8, 4) is 11.5 Å². The zero-order chi connectivity index (χ0) is 28.3. The molecule has 0 radical (unpaired) electrons. The lowest BCUT2D eigenvalue weighted by atomic mass is 9.95. The highest BCUT2D eigenvalue weighted by molar-refractivity contribution is 7.17. The summed E-state index contributed by atoms with van der Waals surface area (Å²) in [6.07, 6.45) is -0.0318. The Kier molecular flexibility index (Phi) is 8.35. The largest absolute Gasteiger partial charge is 0.507 e. The first kappa shape index (κ1) is 27.8. The quantitative estimate of drug-likeness (QED) is 0.162. The van der Waals surface area contributed by atoms with Gasteiger partial charge in [0.05, 0.1) is 36.6 Å². The minimum atomic E-state index is -0.993. The molecule has 1 fully saturated rings. The number of carbonyl (C=O) groups excluding carboxylic acids is 3. The van der Waals surface area contributed by atoms with Crippen molar-refractivity contribution in [2.75, 3.05) is 18.1 Å². The minimum absolute atomic E-state index is 0.0318. The van der Waals surface area contributed by atoms with Crippen molar-refractivity contribution < 1.29 is 33.7 Å². The molecule has 2 heterocycles. The van der Waals surface area contributed by atoms with Crippen molar-refractivity contribution >= 4 is 39.9 Å². The Hall–Kier alpha value is -4.18. The normalized spacial score (nSPS) is 16.6. The number of aliphatic hydroxyl groups is 1. The van der Waals surface area contributed by atoms with Gasteiger partial charge in [-0.3, -0.25) is 14.5 Å². The molecule has 0 saturated carbocycles. The van der Waals surface area contributed by atoms with Gasteiger partial charge in [-0.15, -0.1) is 0 Å². The summed E-state index contributed by atoms with van der Waals surface area (Å²) < 4.78 is 16.3. The van der Waals surface area contributed by atoms with Gasteiger partial charge in [0, 0.05) is 5.56 Å². The van der Waals surface area contributed by atoms with E-state index in [0.29, 0.717) is 34.9 Å². The van der Waals surface area contributed by atoms with Gasteiger partial charge in [0.1, 0.15) is 22.1 Å². The molecule has 1 atom stereocenters. The van der Waals surface area contributed by atoms with Crippen LogP contribution in [0.15, 0.2) is 54.1 Å². The maximum Gasteiger partial charge on any atom is 0.350 e. The van der Waals surface area contributed by atoms with Gasteiger partial charge in [0.15, 0.2) is 5.13 Å². The fourth-order valence-electron chi connectivity index (χ4n) is 4.25. The van der Waals surface area contributed by atoms with E-state index in [1.807, 2.05) is 20.8 Å². The van der Waals surface area contributed by atoms with E-state index in [4.69, 9.17) is 14.2 Å². The standard InChI is InChI=1S/C29H30N2O7S/c1-6-36-20-12-8-18(9-13-20)23-22(24(32)19-10-14-21(15-11-19)38-16(3)4)25(33)27(34)31(23)29-30-17(5)26(39-29)28(35)37-7-2/h8-16,23,32H,6-7H2,1-5H3/b24-22+. The number of anilines is 1. The Morgan fingerprint density at radius 1 is 1.03 bits per heavy atom. The lowest BCUT2D eigenvalue weighted by Gasteiger charge is -2.23. The predicted molar refractivity (Wildman–Crippen MR) is 147 cm³/mol. The van der Waals surface area contributed by atoms with Crippen LogP contribution in [0.2, 0.25) is 0 Å². The van der Waals surface area contributed by atoms with Crippen LogP contribution in [-0.2, 0) is 14.3 Å². The number of aryl methyl sites for hydroxylation is 1. The number of aromatic nitrogens is 1. The van der Waals surface area contributed by atoms with Crippen LogP contribution < -0.4 is 14.4 Å². The molecule has 10 heteroatoms. The van der Waals surface area contributed by atoms with Crippen LogP contribution in [0.3, 0.4) is 0 Å². The van der Waals surface area contributed by atoms with Crippen molar-refractivity contribution in [2.45, 2.75) is 46.8 Å². The summed E-state index contributed by atoms with van der Waals surface area (Å²) in [5, 5.41) is 11.5. The van der Waals surface area contributed by atoms with E-state index < -0.39 is 23.7 Å². The van der Waals surface area contributed by atoms with E-state index in [9.17, 15) is 19.5 Å². The van der Waals surface area contributed by atoms with Crippen molar-refractivity contribution in [2.24, 2.45) is 0 Å². The van der Waals surface area contributed by atoms with E-state index in [0.717, 1.165) is 11.3 Å². The molecule has 1 saturated heterocycles. The number of Topliss-reactive ketones (excluding diaryl/α,β-unsaturated/α-hetero) is 1. The highest BCUT2D eigenvalue weighted by atomic mass is 32.1. The first-order valence-electron chi connectivity index (χ1n) is 12.6. The summed E-state index contributed by atoms with van der Waals surface area (Å²) in [5.74, 6) is -1.39. The number of thiazole rings is 1. The molecule has 1 aliphatic rings. The SMILES string of the molecule is CCOC(=O)c1sc(N2C(=O)C(=O)/C(=C(/O)c3ccc(OC(C)C)cc3)C2c2ccc(OCC)cc2)nc1C. The number of hydrogen-bond donors (Lipinski definition) is 1. The molecule has 1 N–H and O–H groups in total. The minimum Gasteiger partial charge on any atom is -0.507 e. The van der Waals surface area contributed by atoms with Crippen molar-refractivity contribution in [1.29, 1.82) is 0 Å². The lowest BCUT2D eigenvalue weighted by molar-refractivity contribution is -0.132. The number of aliphatic hydroxyl groups excluding tert-OH is 1. The fourth-order valence-corrected chi connectivity index (χ4v) is 5.24. The fraction of sp³-hybridized carbons (Fsp3) is 0.310. The Bertz CT molecular complexity index is 1410. The van der Waals surface area contributed by atoms with Crippen LogP contribution >= 0.6 is 11.3 Å². The van der Waals surface area contributed by atoms with E-state index in [2.05, 4.69) is 4.98 Å². The summed E-state index contributed by atoms with van der Waals surface area (Å²) in [5.41, 5.74) is 1.20. The van der Waals surface area contributed by atoms with Crippen LogP contribution in [0.25, 0.3) is 5.76 Å². The Balaban J connectivity index is 1.85. The lowest BCUT2D eigenvalue weighted by Crippen LogP contribution is -2.29. The molecule has 1 aliphatic heterocycles. The first-order chi connectivity index (χ1) is 18.7. The summed E-state index contributed by atoms with van der Waals surface area (Å²) in [6.45, 7) is 9.66. The van der Waals surface area contributed by atoms with Gasteiger partial charge >= 0.3 is 11.9 Å². The number of rotatable bonds is 9. The second kappa shape index (κ2) is 11.7. The monoisotopic (exact) mass is 550 g/mol. The Labute approximate surface area is 230 Å². The molecule has 1 unspecified atom stereocenters. The molecule has 4 rings (SSSR count). The van der Waals surface area contributed by atoms with Gasteiger partial charge in [-0.2, -0.15) is 0 Å². The molecular formula is C29H30N2O7S. The van der Waals surface area contributed by atoms with Gasteiger partial charge in [-0.1, -0.05) is 23.5 Å². The molecule has 39 heavy (non-hydrogen) atoms. The molecule has 204 valence electrons. The highest BCUT2D eigenvalue weighted by Gasteiger charge is 2.48. The maximum atomic E-state index is 13.4. The molecule has 3 aromatic rings. The third-order valence-electron chi connectivity index (χ3n) is 5.90. The molecule has 2 aromatic carbocycles. The van der Waals surface area contributed by atoms with Gasteiger partial charge in [-0.05, 0) is 76.6 Å². The van der Waals surface area contributed by atoms with Crippen molar-refractivity contribution in [1.82, 2.24) is 4.98 Å². The highest BCUT2D eigenvalue weighted by Crippen LogP contribution is 2.44. The number of ether oxygens (including phenoxy) is 3. The number of esters is 1. The molecule has 1 amide bonds. The van der Waals surface area contributed by atoms with E-state index in [1.165, 1.54) is 4.90 Å². The van der Waals surface area contributed by atoms with Crippen LogP contribution in [0.4, 0.5) is 5.13 Å². The smallest absolute Gasteiger partial charge is 0.350 e. The van der Waals surface area contributed by atoms with E-state index >= 15 is 0 Å². The zero-order valence-corrected chi connectivity index (χ0v) is 23.2. The van der Waals surface area contributed by atoms with E-state index in [-0.39, 0.29) is 34.1 Å². The predicted octanol–water partition coefficient (Wildman–Crippen LogP) is 5.44. The molecule has 0 bridgehead atoms. The molecule has 0 spiro atoms. The third-order valence-corrected chi connectivity index (χ3v) is 7.04. The number of benzene rings is 2. The summed E-state index contributed by atoms with van der Waals surface area (Å²) in [7, 11) is 0. The number of hydrogen-bond acceptors (Lipinski definition) is 9. The van der Waals surface area contributed by atoms with Gasteiger partial charge in [0.25, 0.3) is 5.78 Å². The third kappa shape index (κ3) is 5.65.